The van der Waals surface area contributed by atoms with Crippen LogP contribution in [0.1, 0.15) is 53.9 Å². The van der Waals surface area contributed by atoms with Crippen LogP contribution in [0.3, 0.4) is 0 Å². The van der Waals surface area contributed by atoms with Crippen LogP contribution in [0.4, 0.5) is 4.79 Å². The number of hydrogen-bond donors (Lipinski definition) is 1. The highest BCUT2D eigenvalue weighted by Gasteiger charge is 2.32. The van der Waals surface area contributed by atoms with E-state index in [1.54, 1.807) is 9.58 Å². The fourth-order valence-corrected chi connectivity index (χ4v) is 6.04. The van der Waals surface area contributed by atoms with Gasteiger partial charge in [-0.05, 0) is 39.3 Å². The van der Waals surface area contributed by atoms with E-state index in [0.717, 1.165) is 39.6 Å². The van der Waals surface area contributed by atoms with Crippen LogP contribution in [-0.2, 0) is 51.4 Å². The summed E-state index contributed by atoms with van der Waals surface area (Å²) in [5.41, 5.74) is 6.75. The Hall–Kier alpha value is -5.23. The largest absolute Gasteiger partial charge is 0.476 e. The van der Waals surface area contributed by atoms with E-state index in [-0.39, 0.29) is 12.2 Å². The molecule has 48 heavy (non-hydrogen) atoms. The van der Waals surface area contributed by atoms with Gasteiger partial charge in [0.25, 0.3) is 0 Å². The van der Waals surface area contributed by atoms with Gasteiger partial charge in [-0.2, -0.15) is 15.3 Å². The number of nitrogens with zero attached hydrogens (tertiary/aromatic N) is 8. The average Bonchev–Trinajstić information content (AvgIpc) is 3.74. The minimum atomic E-state index is -1.07. The van der Waals surface area contributed by atoms with Crippen LogP contribution >= 0.6 is 0 Å². The Labute approximate surface area is 280 Å². The third kappa shape index (κ3) is 7.33. The number of fused-ring (bicyclic) bond motifs is 1. The molecule has 1 amide bonds. The van der Waals surface area contributed by atoms with Crippen LogP contribution in [0.15, 0.2) is 72.8 Å². The molecule has 1 N–H and O–H groups in total. The van der Waals surface area contributed by atoms with E-state index in [9.17, 15) is 14.7 Å². The summed E-state index contributed by atoms with van der Waals surface area (Å²) < 4.78 is 11.2. The molecule has 1 aliphatic rings. The number of carboxylic acids is 1. The van der Waals surface area contributed by atoms with Gasteiger partial charge in [0, 0.05) is 57.0 Å². The van der Waals surface area contributed by atoms with E-state index in [2.05, 4.69) is 22.1 Å². The molecular formula is C36H42N8O4. The Morgan fingerprint density at radius 3 is 1.90 bits per heavy atom. The molecule has 3 aromatic heterocycles. The topological polar surface area (TPSA) is 124 Å². The first-order valence-electron chi connectivity index (χ1n) is 16.1. The van der Waals surface area contributed by atoms with Crippen molar-refractivity contribution in [2.24, 2.45) is 14.1 Å². The number of carboxylic acid groups (broad SMARTS) is 1. The maximum Gasteiger partial charge on any atom is 0.410 e. The van der Waals surface area contributed by atoms with Gasteiger partial charge in [0.2, 0.25) is 0 Å². The molecule has 0 fully saturated rings. The van der Waals surface area contributed by atoms with Crippen LogP contribution in [0.5, 0.6) is 0 Å². The van der Waals surface area contributed by atoms with Crippen molar-refractivity contribution in [3.8, 4) is 22.5 Å². The zero-order valence-corrected chi connectivity index (χ0v) is 28.1. The van der Waals surface area contributed by atoms with E-state index in [0.29, 0.717) is 44.7 Å². The van der Waals surface area contributed by atoms with E-state index < -0.39 is 17.7 Å². The summed E-state index contributed by atoms with van der Waals surface area (Å²) in [6.07, 6.45) is -0.0237. The first kappa shape index (κ1) is 32.7. The number of aryl methyl sites for hydroxylation is 2. The molecule has 0 bridgehead atoms. The summed E-state index contributed by atoms with van der Waals surface area (Å²) in [5.74, 6) is -1.07. The van der Waals surface area contributed by atoms with E-state index in [1.165, 1.54) is 0 Å². The predicted octanol–water partition coefficient (Wildman–Crippen LogP) is 5.38. The SMILES string of the molecule is Cn1nc(-c2ccccc2)cc1CN(CCn1nc(C(=O)O)c2c1CN(C(=O)OC(C)(C)C)CC2)Cc1cc(-c2ccccc2)nn1C. The summed E-state index contributed by atoms with van der Waals surface area (Å²) in [4.78, 5) is 29.1. The van der Waals surface area contributed by atoms with Crippen LogP contribution < -0.4 is 0 Å². The van der Waals surface area contributed by atoms with E-state index in [1.807, 2.05) is 105 Å². The molecule has 6 rings (SSSR count). The number of aromatic nitrogens is 6. The molecule has 12 nitrogen and oxygen atoms in total. The molecule has 0 saturated heterocycles. The molecule has 1 aliphatic heterocycles. The molecule has 250 valence electrons. The number of hydrogen-bond acceptors (Lipinski definition) is 7. The lowest BCUT2D eigenvalue weighted by atomic mass is 10.0. The Kier molecular flexibility index (Phi) is 9.18. The van der Waals surface area contributed by atoms with Gasteiger partial charge in [-0.25, -0.2) is 9.59 Å². The Morgan fingerprint density at radius 1 is 0.854 bits per heavy atom. The van der Waals surface area contributed by atoms with Crippen LogP contribution in [0, 0.1) is 0 Å². The lowest BCUT2D eigenvalue weighted by molar-refractivity contribution is 0.0218. The number of carbonyl (C=O) groups excluding carboxylic acids is 1. The zero-order valence-electron chi connectivity index (χ0n) is 28.1. The van der Waals surface area contributed by atoms with Crippen molar-refractivity contribution in [2.75, 3.05) is 13.1 Å². The number of amides is 1. The summed E-state index contributed by atoms with van der Waals surface area (Å²) in [5, 5.41) is 24.1. The lowest BCUT2D eigenvalue weighted by Crippen LogP contribution is -2.40. The minimum Gasteiger partial charge on any atom is -0.476 e. The molecule has 0 aliphatic carbocycles. The van der Waals surface area contributed by atoms with Crippen LogP contribution in [0.2, 0.25) is 0 Å². The van der Waals surface area contributed by atoms with Gasteiger partial charge in [0.1, 0.15) is 5.60 Å². The molecule has 12 heteroatoms. The fraction of sp³-hybridized carbons (Fsp3) is 0.361. The van der Waals surface area contributed by atoms with Crippen molar-refractivity contribution in [3.05, 3.63) is 101 Å². The van der Waals surface area contributed by atoms with Gasteiger partial charge < -0.3 is 14.7 Å². The second-order valence-corrected chi connectivity index (χ2v) is 13.2. The molecule has 5 aromatic rings. The van der Waals surface area contributed by atoms with Crippen LogP contribution in [-0.4, -0.2) is 75.0 Å². The quantitative estimate of drug-likeness (QED) is 0.214. The number of ether oxygens (including phenoxy) is 1. The van der Waals surface area contributed by atoms with Gasteiger partial charge in [0.15, 0.2) is 5.69 Å². The third-order valence-corrected chi connectivity index (χ3v) is 8.48. The molecule has 0 spiro atoms. The molecular weight excluding hydrogens is 608 g/mol. The fourth-order valence-electron chi connectivity index (χ4n) is 6.04. The molecule has 0 atom stereocenters. The van der Waals surface area contributed by atoms with Crippen molar-refractivity contribution in [3.63, 3.8) is 0 Å². The number of carbonyl (C=O) groups is 2. The zero-order chi connectivity index (χ0) is 34.0. The normalized spacial score (nSPS) is 13.2. The number of rotatable bonds is 10. The molecule has 4 heterocycles. The van der Waals surface area contributed by atoms with Crippen LogP contribution in [0.25, 0.3) is 22.5 Å². The molecule has 0 radical (unpaired) electrons. The molecule has 2 aromatic carbocycles. The maximum atomic E-state index is 13.0. The summed E-state index contributed by atoms with van der Waals surface area (Å²) in [6.45, 7) is 8.24. The smallest absolute Gasteiger partial charge is 0.410 e. The molecule has 0 unspecified atom stereocenters. The summed E-state index contributed by atoms with van der Waals surface area (Å²) in [7, 11) is 3.90. The third-order valence-electron chi connectivity index (χ3n) is 8.48. The predicted molar refractivity (Wildman–Crippen MR) is 181 cm³/mol. The first-order valence-corrected chi connectivity index (χ1v) is 16.1. The number of benzene rings is 2. The van der Waals surface area contributed by atoms with Crippen molar-refractivity contribution >= 4 is 12.1 Å². The lowest BCUT2D eigenvalue weighted by Gasteiger charge is -2.30. The second kappa shape index (κ2) is 13.5. The van der Waals surface area contributed by atoms with Gasteiger partial charge in [0.05, 0.1) is 41.6 Å². The van der Waals surface area contributed by atoms with E-state index in [4.69, 9.17) is 14.9 Å². The van der Waals surface area contributed by atoms with Crippen molar-refractivity contribution in [1.29, 1.82) is 0 Å². The first-order chi connectivity index (χ1) is 22.9. The number of aromatic carboxylic acids is 1. The highest BCUT2D eigenvalue weighted by molar-refractivity contribution is 5.87. The minimum absolute atomic E-state index is 0.0404. The average molecular weight is 651 g/mol. The Bertz CT molecular complexity index is 1820. The van der Waals surface area contributed by atoms with Gasteiger partial charge in [-0.3, -0.25) is 18.9 Å². The van der Waals surface area contributed by atoms with Gasteiger partial charge in [-0.15, -0.1) is 0 Å². The standard InChI is InChI=1S/C36H42N8O4/c1-36(2,3)48-35(47)43-17-16-29-32(24-43)44(39-33(29)34(45)46)19-18-42(22-27-20-30(37-40(27)4)25-12-8-6-9-13-25)23-28-21-31(38-41(28)5)26-14-10-7-11-15-26/h6-15,20-21H,16-19,22-24H2,1-5H3,(H,45,46). The highest BCUT2D eigenvalue weighted by atomic mass is 16.6. The molecule has 0 saturated carbocycles. The second-order valence-electron chi connectivity index (χ2n) is 13.2. The van der Waals surface area contributed by atoms with Crippen molar-refractivity contribution < 1.29 is 19.4 Å². The maximum absolute atomic E-state index is 13.0. The summed E-state index contributed by atoms with van der Waals surface area (Å²) in [6, 6.07) is 24.4. The Balaban J connectivity index is 1.28. The van der Waals surface area contributed by atoms with Gasteiger partial charge >= 0.3 is 12.1 Å². The monoisotopic (exact) mass is 650 g/mol. The summed E-state index contributed by atoms with van der Waals surface area (Å²) >= 11 is 0. The highest BCUT2D eigenvalue weighted by Crippen LogP contribution is 2.26. The van der Waals surface area contributed by atoms with Crippen molar-refractivity contribution in [1.82, 2.24) is 39.1 Å². The van der Waals surface area contributed by atoms with Crippen molar-refractivity contribution in [2.45, 2.75) is 59.0 Å². The van der Waals surface area contributed by atoms with Gasteiger partial charge in [-0.1, -0.05) is 60.7 Å². The Morgan fingerprint density at radius 2 is 1.40 bits per heavy atom. The van der Waals surface area contributed by atoms with E-state index >= 15 is 0 Å².